The molecule has 2 unspecified atom stereocenters. The molecule has 0 aromatic heterocycles. The highest BCUT2D eigenvalue weighted by molar-refractivity contribution is 5.83. The average Bonchev–Trinajstić information content (AvgIpc) is 2.64. The van der Waals surface area contributed by atoms with Crippen LogP contribution in [0.3, 0.4) is 0 Å². The zero-order valence-corrected chi connectivity index (χ0v) is 13.9. The first-order valence-electron chi connectivity index (χ1n) is 8.49. The van der Waals surface area contributed by atoms with Crippen LogP contribution >= 0.6 is 0 Å². The summed E-state index contributed by atoms with van der Waals surface area (Å²) in [6.45, 7) is 2.99. The summed E-state index contributed by atoms with van der Waals surface area (Å²) in [5.74, 6) is 1.42. The summed E-state index contributed by atoms with van der Waals surface area (Å²) < 4.78 is 11.6. The normalized spacial score (nSPS) is 17.1. The zero-order valence-electron chi connectivity index (χ0n) is 13.9. The number of ether oxygens (including phenoxy) is 2. The van der Waals surface area contributed by atoms with E-state index in [1.54, 1.807) is 0 Å². The van der Waals surface area contributed by atoms with Gasteiger partial charge in [0.15, 0.2) is 11.5 Å². The second-order valence-electron chi connectivity index (χ2n) is 5.99. The first-order valence-corrected chi connectivity index (χ1v) is 8.49. The predicted molar refractivity (Wildman–Crippen MR) is 93.5 cm³/mol. The third-order valence-corrected chi connectivity index (χ3v) is 4.17. The lowest BCUT2D eigenvalue weighted by atomic mass is 9.93. The van der Waals surface area contributed by atoms with Gasteiger partial charge in [0, 0.05) is 0 Å². The number of rotatable bonds is 6. The Morgan fingerprint density at radius 3 is 2.58 bits per heavy atom. The molecular weight excluding hydrogens is 302 g/mol. The molecule has 1 aliphatic rings. The number of benzene rings is 2. The minimum Gasteiger partial charge on any atom is -0.486 e. The molecule has 0 aliphatic carbocycles. The number of fused-ring (bicyclic) bond motifs is 1. The molecular formula is C20H23NO3. The fraction of sp³-hybridized carbons (Fsp3) is 0.350. The molecule has 0 spiro atoms. The summed E-state index contributed by atoms with van der Waals surface area (Å²) in [6.07, 6.45) is 1.63. The van der Waals surface area contributed by atoms with Crippen LogP contribution in [-0.4, -0.2) is 25.2 Å². The Hall–Kier alpha value is -2.49. The van der Waals surface area contributed by atoms with E-state index in [4.69, 9.17) is 9.47 Å². The molecule has 1 heterocycles. The topological polar surface area (TPSA) is 47.6 Å². The van der Waals surface area contributed by atoms with E-state index in [0.717, 1.165) is 29.9 Å². The number of hydrogen-bond donors (Lipinski definition) is 1. The van der Waals surface area contributed by atoms with Gasteiger partial charge in [0.05, 0.1) is 12.5 Å². The maximum absolute atomic E-state index is 12.6. The third-order valence-electron chi connectivity index (χ3n) is 4.17. The molecule has 0 saturated heterocycles. The Balaban J connectivity index is 1.58. The highest BCUT2D eigenvalue weighted by atomic mass is 16.6. The molecule has 0 saturated carbocycles. The third kappa shape index (κ3) is 3.88. The lowest BCUT2D eigenvalue weighted by Gasteiger charge is -2.27. The van der Waals surface area contributed by atoms with E-state index >= 15 is 0 Å². The fourth-order valence-electron chi connectivity index (χ4n) is 2.92. The molecule has 0 radical (unpaired) electrons. The highest BCUT2D eigenvalue weighted by Gasteiger charge is 2.24. The quantitative estimate of drug-likeness (QED) is 0.884. The van der Waals surface area contributed by atoms with Crippen LogP contribution in [0.25, 0.3) is 0 Å². The van der Waals surface area contributed by atoms with Gasteiger partial charge in [0.1, 0.15) is 12.7 Å². The zero-order chi connectivity index (χ0) is 16.8. The van der Waals surface area contributed by atoms with E-state index in [0.29, 0.717) is 13.2 Å². The number of carbonyl (C=O) groups is 1. The van der Waals surface area contributed by atoms with Crippen LogP contribution in [-0.2, 0) is 4.79 Å². The Morgan fingerprint density at radius 1 is 1.12 bits per heavy atom. The van der Waals surface area contributed by atoms with Crippen molar-refractivity contribution in [1.29, 1.82) is 0 Å². The number of hydrogen-bond acceptors (Lipinski definition) is 3. The van der Waals surface area contributed by atoms with Gasteiger partial charge in [0.2, 0.25) is 5.91 Å². The number of para-hydroxylation sites is 2. The fourth-order valence-corrected chi connectivity index (χ4v) is 2.92. The van der Waals surface area contributed by atoms with Gasteiger partial charge in [0.25, 0.3) is 0 Å². The van der Waals surface area contributed by atoms with Gasteiger partial charge in [-0.15, -0.1) is 0 Å². The van der Waals surface area contributed by atoms with Gasteiger partial charge in [-0.05, 0) is 24.1 Å². The number of carbonyl (C=O) groups excluding carboxylic acids is 1. The van der Waals surface area contributed by atoms with Crippen LogP contribution in [0, 0.1) is 0 Å². The van der Waals surface area contributed by atoms with Crippen LogP contribution in [0.4, 0.5) is 0 Å². The molecule has 24 heavy (non-hydrogen) atoms. The van der Waals surface area contributed by atoms with Crippen molar-refractivity contribution in [1.82, 2.24) is 5.32 Å². The average molecular weight is 325 g/mol. The summed E-state index contributed by atoms with van der Waals surface area (Å²) in [5, 5.41) is 3.02. The van der Waals surface area contributed by atoms with Crippen LogP contribution in [0.5, 0.6) is 11.5 Å². The lowest BCUT2D eigenvalue weighted by molar-refractivity contribution is -0.123. The van der Waals surface area contributed by atoms with Crippen molar-refractivity contribution in [2.75, 3.05) is 13.2 Å². The molecule has 1 N–H and O–H groups in total. The van der Waals surface area contributed by atoms with Gasteiger partial charge >= 0.3 is 0 Å². The summed E-state index contributed by atoms with van der Waals surface area (Å²) in [4.78, 5) is 12.6. The van der Waals surface area contributed by atoms with Crippen LogP contribution in [0.15, 0.2) is 54.6 Å². The van der Waals surface area contributed by atoms with Crippen molar-refractivity contribution in [2.45, 2.75) is 31.8 Å². The molecule has 1 aliphatic heterocycles. The molecule has 1 amide bonds. The molecule has 0 fully saturated rings. The van der Waals surface area contributed by atoms with Gasteiger partial charge in [-0.1, -0.05) is 55.8 Å². The standard InChI is InChI=1S/C20H23NO3/c1-2-8-17(15-9-4-3-5-10-15)20(22)21-13-16-14-23-18-11-6-7-12-19(18)24-16/h3-7,9-12,16-17H,2,8,13-14H2,1H3,(H,21,22). The SMILES string of the molecule is CCCC(C(=O)NCC1COc2ccccc2O1)c1ccccc1. The van der Waals surface area contributed by atoms with E-state index in [1.807, 2.05) is 54.6 Å². The Bertz CT molecular complexity index is 672. The monoisotopic (exact) mass is 325 g/mol. The smallest absolute Gasteiger partial charge is 0.227 e. The van der Waals surface area contributed by atoms with Gasteiger partial charge in [-0.3, -0.25) is 4.79 Å². The van der Waals surface area contributed by atoms with Crippen LogP contribution in [0.1, 0.15) is 31.2 Å². The van der Waals surface area contributed by atoms with Crippen molar-refractivity contribution < 1.29 is 14.3 Å². The molecule has 3 rings (SSSR count). The molecule has 2 aromatic carbocycles. The largest absolute Gasteiger partial charge is 0.486 e. The molecule has 4 nitrogen and oxygen atoms in total. The second-order valence-corrected chi connectivity index (χ2v) is 5.99. The van der Waals surface area contributed by atoms with Crippen molar-refractivity contribution in [2.24, 2.45) is 0 Å². The van der Waals surface area contributed by atoms with E-state index in [2.05, 4.69) is 12.2 Å². The van der Waals surface area contributed by atoms with Crippen LogP contribution < -0.4 is 14.8 Å². The lowest BCUT2D eigenvalue weighted by Crippen LogP contribution is -2.42. The molecule has 2 aromatic rings. The van der Waals surface area contributed by atoms with Gasteiger partial charge < -0.3 is 14.8 Å². The summed E-state index contributed by atoms with van der Waals surface area (Å²) in [6, 6.07) is 17.5. The van der Waals surface area contributed by atoms with Crippen molar-refractivity contribution in [3.63, 3.8) is 0 Å². The number of amides is 1. The first-order chi connectivity index (χ1) is 11.8. The van der Waals surface area contributed by atoms with Crippen molar-refractivity contribution >= 4 is 5.91 Å². The van der Waals surface area contributed by atoms with E-state index < -0.39 is 0 Å². The Morgan fingerprint density at radius 2 is 1.83 bits per heavy atom. The second kappa shape index (κ2) is 7.86. The minimum absolute atomic E-state index is 0.0468. The van der Waals surface area contributed by atoms with E-state index in [9.17, 15) is 4.79 Å². The number of nitrogens with one attached hydrogen (secondary N) is 1. The Labute approximate surface area is 142 Å². The molecule has 126 valence electrons. The summed E-state index contributed by atoms with van der Waals surface area (Å²) in [5.41, 5.74) is 1.06. The molecule has 2 atom stereocenters. The van der Waals surface area contributed by atoms with Crippen LogP contribution in [0.2, 0.25) is 0 Å². The highest BCUT2D eigenvalue weighted by Crippen LogP contribution is 2.30. The molecule has 4 heteroatoms. The van der Waals surface area contributed by atoms with E-state index in [1.165, 1.54) is 0 Å². The van der Waals surface area contributed by atoms with Gasteiger partial charge in [-0.25, -0.2) is 0 Å². The first kappa shape index (κ1) is 16.4. The maximum Gasteiger partial charge on any atom is 0.227 e. The minimum atomic E-state index is -0.165. The summed E-state index contributed by atoms with van der Waals surface area (Å²) in [7, 11) is 0. The molecule has 0 bridgehead atoms. The predicted octanol–water partition coefficient (Wildman–Crippen LogP) is 3.53. The van der Waals surface area contributed by atoms with Crippen molar-refractivity contribution in [3.8, 4) is 11.5 Å². The maximum atomic E-state index is 12.6. The summed E-state index contributed by atoms with van der Waals surface area (Å²) >= 11 is 0. The van der Waals surface area contributed by atoms with Crippen molar-refractivity contribution in [3.05, 3.63) is 60.2 Å². The van der Waals surface area contributed by atoms with E-state index in [-0.39, 0.29) is 17.9 Å². The van der Waals surface area contributed by atoms with Gasteiger partial charge in [-0.2, -0.15) is 0 Å². The Kier molecular flexibility index (Phi) is 5.36.